The molecule has 0 aliphatic carbocycles. The lowest BCUT2D eigenvalue weighted by atomic mass is 10.2. The highest BCUT2D eigenvalue weighted by atomic mass is 32.2. The van der Waals surface area contributed by atoms with Gasteiger partial charge in [0.15, 0.2) is 0 Å². The summed E-state index contributed by atoms with van der Waals surface area (Å²) in [6.07, 6.45) is 0. The molecule has 0 aliphatic rings. The molecule has 90 valence electrons. The first-order chi connectivity index (χ1) is 7.42. The topological polar surface area (TPSA) is 46.6 Å². The molecule has 0 atom stereocenters. The molecule has 0 saturated carbocycles. The molecule has 0 unspecified atom stereocenters. The van der Waals surface area contributed by atoms with Crippen molar-refractivity contribution >= 4 is 10.1 Å². The average molecular weight is 243 g/mol. The third kappa shape index (κ3) is 3.92. The SMILES string of the molecule is Cc1ccc(S(=O)(=O)OCCN(C)C)cc1. The van der Waals surface area contributed by atoms with Crippen molar-refractivity contribution in [1.29, 1.82) is 0 Å². The fourth-order valence-electron chi connectivity index (χ4n) is 1.10. The number of likely N-dealkylation sites (N-methyl/N-ethyl adjacent to an activating group) is 1. The summed E-state index contributed by atoms with van der Waals surface area (Å²) in [6.45, 7) is 2.65. The molecule has 1 rings (SSSR count). The van der Waals surface area contributed by atoms with Crippen LogP contribution >= 0.6 is 0 Å². The van der Waals surface area contributed by atoms with Gasteiger partial charge in [-0.3, -0.25) is 4.18 Å². The summed E-state index contributed by atoms with van der Waals surface area (Å²) in [5, 5.41) is 0. The van der Waals surface area contributed by atoms with Crippen LogP contribution in [0.15, 0.2) is 29.2 Å². The van der Waals surface area contributed by atoms with Crippen molar-refractivity contribution < 1.29 is 12.6 Å². The van der Waals surface area contributed by atoms with Gasteiger partial charge in [-0.25, -0.2) is 0 Å². The molecule has 0 aliphatic heterocycles. The summed E-state index contributed by atoms with van der Waals surface area (Å²) in [7, 11) is 0.127. The van der Waals surface area contributed by atoms with E-state index in [0.717, 1.165) is 5.56 Å². The highest BCUT2D eigenvalue weighted by molar-refractivity contribution is 7.86. The molecular weight excluding hydrogens is 226 g/mol. The molecule has 0 spiro atoms. The van der Waals surface area contributed by atoms with Gasteiger partial charge < -0.3 is 4.90 Å². The van der Waals surface area contributed by atoms with Gasteiger partial charge in [-0.15, -0.1) is 0 Å². The summed E-state index contributed by atoms with van der Waals surface area (Å²) >= 11 is 0. The lowest BCUT2D eigenvalue weighted by molar-refractivity contribution is 0.265. The Bertz CT molecular complexity index is 423. The van der Waals surface area contributed by atoms with E-state index in [-0.39, 0.29) is 11.5 Å². The second-order valence-corrected chi connectivity index (χ2v) is 5.51. The molecule has 0 fully saturated rings. The van der Waals surface area contributed by atoms with E-state index < -0.39 is 10.1 Å². The summed E-state index contributed by atoms with van der Waals surface area (Å²) in [5.74, 6) is 0. The fourth-order valence-corrected chi connectivity index (χ4v) is 2.00. The molecule has 4 nitrogen and oxygen atoms in total. The Hall–Kier alpha value is -0.910. The number of hydrogen-bond acceptors (Lipinski definition) is 4. The molecule has 0 aromatic heterocycles. The summed E-state index contributed by atoms with van der Waals surface area (Å²) in [5.41, 5.74) is 1.02. The molecule has 0 saturated heterocycles. The third-order valence-corrected chi connectivity index (χ3v) is 3.41. The fraction of sp³-hybridized carbons (Fsp3) is 0.455. The third-order valence-electron chi connectivity index (χ3n) is 2.09. The van der Waals surface area contributed by atoms with Crippen LogP contribution in [0.25, 0.3) is 0 Å². The zero-order chi connectivity index (χ0) is 12.2. The smallest absolute Gasteiger partial charge is 0.297 e. The van der Waals surface area contributed by atoms with Crippen molar-refractivity contribution in [2.75, 3.05) is 27.2 Å². The lowest BCUT2D eigenvalue weighted by Crippen LogP contribution is -2.20. The van der Waals surface area contributed by atoms with Crippen LogP contribution in [-0.4, -0.2) is 40.6 Å². The second kappa shape index (κ2) is 5.43. The van der Waals surface area contributed by atoms with E-state index in [9.17, 15) is 8.42 Å². The molecule has 0 N–H and O–H groups in total. The Kier molecular flexibility index (Phi) is 4.46. The van der Waals surface area contributed by atoms with Crippen LogP contribution in [0.1, 0.15) is 5.56 Å². The maximum absolute atomic E-state index is 11.7. The van der Waals surface area contributed by atoms with Gasteiger partial charge >= 0.3 is 0 Å². The minimum Gasteiger partial charge on any atom is -0.307 e. The van der Waals surface area contributed by atoms with Gasteiger partial charge in [-0.05, 0) is 33.2 Å². The van der Waals surface area contributed by atoms with Gasteiger partial charge in [-0.2, -0.15) is 8.42 Å². The Morgan fingerprint density at radius 2 is 1.75 bits per heavy atom. The molecule has 0 radical (unpaired) electrons. The van der Waals surface area contributed by atoms with Crippen LogP contribution in [0.5, 0.6) is 0 Å². The van der Waals surface area contributed by atoms with E-state index in [1.165, 1.54) is 0 Å². The number of rotatable bonds is 5. The van der Waals surface area contributed by atoms with Gasteiger partial charge in [0.05, 0.1) is 11.5 Å². The Morgan fingerprint density at radius 3 is 2.25 bits per heavy atom. The number of benzene rings is 1. The van der Waals surface area contributed by atoms with Crippen LogP contribution in [0.3, 0.4) is 0 Å². The monoisotopic (exact) mass is 243 g/mol. The van der Waals surface area contributed by atoms with E-state index in [4.69, 9.17) is 4.18 Å². The van der Waals surface area contributed by atoms with Crippen LogP contribution < -0.4 is 0 Å². The number of nitrogens with zero attached hydrogens (tertiary/aromatic N) is 1. The van der Waals surface area contributed by atoms with Gasteiger partial charge in [-0.1, -0.05) is 17.7 Å². The second-order valence-electron chi connectivity index (χ2n) is 3.89. The number of hydrogen-bond donors (Lipinski definition) is 0. The summed E-state index contributed by atoms with van der Waals surface area (Å²) in [4.78, 5) is 2.07. The average Bonchev–Trinajstić information content (AvgIpc) is 2.17. The largest absolute Gasteiger partial charge is 0.307 e. The van der Waals surface area contributed by atoms with E-state index in [0.29, 0.717) is 6.54 Å². The molecule has 0 heterocycles. The van der Waals surface area contributed by atoms with Crippen LogP contribution in [0.2, 0.25) is 0 Å². The quantitative estimate of drug-likeness (QED) is 0.730. The summed E-state index contributed by atoms with van der Waals surface area (Å²) < 4.78 is 28.3. The number of aryl methyl sites for hydroxylation is 1. The first-order valence-electron chi connectivity index (χ1n) is 5.02. The van der Waals surface area contributed by atoms with Crippen molar-refractivity contribution in [3.8, 4) is 0 Å². The maximum Gasteiger partial charge on any atom is 0.297 e. The van der Waals surface area contributed by atoms with E-state index in [1.807, 2.05) is 25.9 Å². The molecule has 16 heavy (non-hydrogen) atoms. The molecular formula is C11H17NO3S. The van der Waals surface area contributed by atoms with Crippen LogP contribution in [0, 0.1) is 6.92 Å². The first kappa shape index (κ1) is 13.2. The van der Waals surface area contributed by atoms with Crippen molar-refractivity contribution in [3.05, 3.63) is 29.8 Å². The molecule has 0 bridgehead atoms. The van der Waals surface area contributed by atoms with Gasteiger partial charge in [0.1, 0.15) is 0 Å². The van der Waals surface area contributed by atoms with Crippen molar-refractivity contribution in [1.82, 2.24) is 4.90 Å². The highest BCUT2D eigenvalue weighted by Crippen LogP contribution is 2.12. The van der Waals surface area contributed by atoms with Crippen molar-refractivity contribution in [2.45, 2.75) is 11.8 Å². The zero-order valence-electron chi connectivity index (χ0n) is 9.80. The standard InChI is InChI=1S/C11H17NO3S/c1-10-4-6-11(7-5-10)16(13,14)15-9-8-12(2)3/h4-7H,8-9H2,1-3H3. The molecule has 1 aromatic rings. The van der Waals surface area contributed by atoms with Crippen LogP contribution in [0.4, 0.5) is 0 Å². The predicted octanol–water partition coefficient (Wildman–Crippen LogP) is 1.26. The minimum atomic E-state index is -3.60. The Balaban J connectivity index is 2.67. The van der Waals surface area contributed by atoms with E-state index in [2.05, 4.69) is 0 Å². The molecule has 1 aromatic carbocycles. The normalized spacial score (nSPS) is 12.0. The molecule has 0 amide bonds. The predicted molar refractivity (Wildman–Crippen MR) is 62.9 cm³/mol. The minimum absolute atomic E-state index is 0.170. The van der Waals surface area contributed by atoms with Gasteiger partial charge in [0.25, 0.3) is 10.1 Å². The summed E-state index contributed by atoms with van der Waals surface area (Å²) in [6, 6.07) is 6.62. The highest BCUT2D eigenvalue weighted by Gasteiger charge is 2.14. The Labute approximate surface area is 97.0 Å². The van der Waals surface area contributed by atoms with E-state index >= 15 is 0 Å². The Morgan fingerprint density at radius 1 is 1.19 bits per heavy atom. The molecule has 5 heteroatoms. The van der Waals surface area contributed by atoms with Gasteiger partial charge in [0.2, 0.25) is 0 Å². The maximum atomic E-state index is 11.7. The lowest BCUT2D eigenvalue weighted by Gasteiger charge is -2.10. The zero-order valence-corrected chi connectivity index (χ0v) is 10.6. The van der Waals surface area contributed by atoms with E-state index in [1.54, 1.807) is 24.3 Å². The van der Waals surface area contributed by atoms with Crippen molar-refractivity contribution in [2.24, 2.45) is 0 Å². The first-order valence-corrected chi connectivity index (χ1v) is 6.43. The van der Waals surface area contributed by atoms with Crippen LogP contribution in [-0.2, 0) is 14.3 Å². The van der Waals surface area contributed by atoms with Crippen molar-refractivity contribution in [3.63, 3.8) is 0 Å². The van der Waals surface area contributed by atoms with Gasteiger partial charge in [0, 0.05) is 6.54 Å².